The summed E-state index contributed by atoms with van der Waals surface area (Å²) in [6.45, 7) is 0.148. The van der Waals surface area contributed by atoms with E-state index >= 15 is 0 Å². The Kier molecular flexibility index (Phi) is 2.17. The van der Waals surface area contributed by atoms with Gasteiger partial charge in [0.2, 0.25) is 0 Å². The Hall–Kier alpha value is -1.43. The van der Waals surface area contributed by atoms with E-state index in [4.69, 9.17) is 10.8 Å². The zero-order valence-electron chi connectivity index (χ0n) is 5.71. The van der Waals surface area contributed by atoms with Crippen molar-refractivity contribution in [2.24, 2.45) is 5.73 Å². The summed E-state index contributed by atoms with van der Waals surface area (Å²) in [4.78, 5) is 10.2. The second-order valence-electron chi connectivity index (χ2n) is 2.07. The van der Waals surface area contributed by atoms with Crippen LogP contribution in [0.2, 0.25) is 0 Å². The predicted molar refractivity (Wildman–Crippen MR) is 35.6 cm³/mol. The normalized spacial score (nSPS) is 12.8. The molecule has 0 aromatic carbocycles. The Balaban J connectivity index is 2.50. The van der Waals surface area contributed by atoms with Crippen LogP contribution in [0.15, 0.2) is 12.4 Å². The molecule has 1 aromatic heterocycles. The molecule has 0 saturated carbocycles. The van der Waals surface area contributed by atoms with Gasteiger partial charge in [-0.1, -0.05) is 5.21 Å². The van der Waals surface area contributed by atoms with E-state index in [9.17, 15) is 4.79 Å². The van der Waals surface area contributed by atoms with E-state index in [1.807, 2.05) is 0 Å². The molecule has 0 radical (unpaired) electrons. The second-order valence-corrected chi connectivity index (χ2v) is 2.07. The molecule has 60 valence electrons. The fraction of sp³-hybridized carbons (Fsp3) is 0.400. The first-order chi connectivity index (χ1) is 5.20. The third-order valence-corrected chi connectivity index (χ3v) is 1.17. The highest BCUT2D eigenvalue weighted by molar-refractivity contribution is 5.72. The van der Waals surface area contributed by atoms with Gasteiger partial charge in [-0.05, 0) is 0 Å². The van der Waals surface area contributed by atoms with Crippen molar-refractivity contribution in [3.8, 4) is 0 Å². The lowest BCUT2D eigenvalue weighted by atomic mass is 10.3. The molecule has 0 amide bonds. The van der Waals surface area contributed by atoms with Gasteiger partial charge in [-0.2, -0.15) is 0 Å². The van der Waals surface area contributed by atoms with Gasteiger partial charge in [0.1, 0.15) is 6.04 Å². The first kappa shape index (κ1) is 7.67. The summed E-state index contributed by atoms with van der Waals surface area (Å²) >= 11 is 0. The average Bonchev–Trinajstić information content (AvgIpc) is 2.39. The average molecular weight is 156 g/mol. The smallest absolute Gasteiger partial charge is 0.322 e. The van der Waals surface area contributed by atoms with Gasteiger partial charge in [0.15, 0.2) is 0 Å². The van der Waals surface area contributed by atoms with Crippen LogP contribution in [-0.2, 0) is 11.3 Å². The van der Waals surface area contributed by atoms with Gasteiger partial charge in [0.05, 0.1) is 12.7 Å². The first-order valence-corrected chi connectivity index (χ1v) is 3.02. The minimum absolute atomic E-state index is 0.148. The van der Waals surface area contributed by atoms with Gasteiger partial charge in [-0.25, -0.2) is 0 Å². The molecule has 6 heteroatoms. The SMILES string of the molecule is NC(Cn1ccnn1)C(=O)O. The number of rotatable bonds is 3. The van der Waals surface area contributed by atoms with Crippen LogP contribution in [0.25, 0.3) is 0 Å². The molecule has 3 N–H and O–H groups in total. The summed E-state index contributed by atoms with van der Waals surface area (Å²) < 4.78 is 1.37. The van der Waals surface area contributed by atoms with E-state index in [2.05, 4.69) is 10.3 Å². The van der Waals surface area contributed by atoms with E-state index in [1.165, 1.54) is 10.9 Å². The van der Waals surface area contributed by atoms with Crippen molar-refractivity contribution < 1.29 is 9.90 Å². The molecule has 0 spiro atoms. The first-order valence-electron chi connectivity index (χ1n) is 3.02. The summed E-state index contributed by atoms with van der Waals surface area (Å²) in [5, 5.41) is 15.5. The maximum atomic E-state index is 10.2. The molecule has 0 aliphatic heterocycles. The van der Waals surface area contributed by atoms with Crippen molar-refractivity contribution in [3.05, 3.63) is 12.4 Å². The summed E-state index contributed by atoms with van der Waals surface area (Å²) in [5.74, 6) is -1.04. The number of hydrogen-bond acceptors (Lipinski definition) is 4. The highest BCUT2D eigenvalue weighted by Crippen LogP contribution is 1.85. The van der Waals surface area contributed by atoms with Crippen LogP contribution in [-0.4, -0.2) is 32.1 Å². The third-order valence-electron chi connectivity index (χ3n) is 1.17. The highest BCUT2D eigenvalue weighted by atomic mass is 16.4. The largest absolute Gasteiger partial charge is 0.480 e. The van der Waals surface area contributed by atoms with Crippen LogP contribution in [0.5, 0.6) is 0 Å². The fourth-order valence-electron chi connectivity index (χ4n) is 0.610. The second kappa shape index (κ2) is 3.11. The number of carboxylic acids is 1. The summed E-state index contributed by atoms with van der Waals surface area (Å²) in [5.41, 5.74) is 5.22. The maximum absolute atomic E-state index is 10.2. The van der Waals surface area contributed by atoms with Crippen LogP contribution in [0, 0.1) is 0 Å². The van der Waals surface area contributed by atoms with E-state index in [1.54, 1.807) is 6.20 Å². The minimum atomic E-state index is -1.04. The molecule has 0 aliphatic rings. The number of carbonyl (C=O) groups is 1. The minimum Gasteiger partial charge on any atom is -0.480 e. The van der Waals surface area contributed by atoms with Gasteiger partial charge in [-0.15, -0.1) is 5.10 Å². The molecule has 11 heavy (non-hydrogen) atoms. The molecule has 1 heterocycles. The lowest BCUT2D eigenvalue weighted by Gasteiger charge is -2.03. The molecule has 0 bridgehead atoms. The number of nitrogens with zero attached hydrogens (tertiary/aromatic N) is 3. The zero-order chi connectivity index (χ0) is 8.27. The number of nitrogens with two attached hydrogens (primary N) is 1. The topological polar surface area (TPSA) is 94.0 Å². The quantitative estimate of drug-likeness (QED) is 0.566. The molecule has 0 saturated heterocycles. The molecule has 1 atom stereocenters. The molecule has 6 nitrogen and oxygen atoms in total. The Morgan fingerprint density at radius 1 is 1.82 bits per heavy atom. The molecule has 1 unspecified atom stereocenters. The summed E-state index contributed by atoms with van der Waals surface area (Å²) in [7, 11) is 0. The standard InChI is InChI=1S/C5H8N4O2/c6-4(5(10)11)3-9-2-1-7-8-9/h1-2,4H,3,6H2,(H,10,11). The van der Waals surface area contributed by atoms with Gasteiger partial charge in [-0.3, -0.25) is 9.48 Å². The van der Waals surface area contributed by atoms with E-state index in [-0.39, 0.29) is 6.54 Å². The van der Waals surface area contributed by atoms with Gasteiger partial charge < -0.3 is 10.8 Å². The van der Waals surface area contributed by atoms with Crippen molar-refractivity contribution in [1.82, 2.24) is 15.0 Å². The van der Waals surface area contributed by atoms with Crippen LogP contribution in [0.1, 0.15) is 0 Å². The predicted octanol–water partition coefficient (Wildman–Crippen LogP) is -1.31. The number of aromatic nitrogens is 3. The van der Waals surface area contributed by atoms with Crippen LogP contribution >= 0.6 is 0 Å². The van der Waals surface area contributed by atoms with Gasteiger partial charge in [0.25, 0.3) is 0 Å². The number of carboxylic acid groups (broad SMARTS) is 1. The number of aliphatic carboxylic acids is 1. The van der Waals surface area contributed by atoms with Gasteiger partial charge in [0, 0.05) is 6.20 Å². The Morgan fingerprint density at radius 3 is 3.00 bits per heavy atom. The van der Waals surface area contributed by atoms with Crippen molar-refractivity contribution >= 4 is 5.97 Å². The van der Waals surface area contributed by atoms with Crippen LogP contribution in [0.3, 0.4) is 0 Å². The monoisotopic (exact) mass is 156 g/mol. The Morgan fingerprint density at radius 2 is 2.55 bits per heavy atom. The molecule has 0 aliphatic carbocycles. The van der Waals surface area contributed by atoms with Crippen molar-refractivity contribution in [1.29, 1.82) is 0 Å². The summed E-state index contributed by atoms with van der Waals surface area (Å²) in [6, 6.07) is -0.920. The van der Waals surface area contributed by atoms with Crippen LogP contribution < -0.4 is 5.73 Å². The Bertz CT molecular complexity index is 233. The molecule has 1 rings (SSSR count). The lowest BCUT2D eigenvalue weighted by Crippen LogP contribution is -2.34. The molecular weight excluding hydrogens is 148 g/mol. The fourth-order valence-corrected chi connectivity index (χ4v) is 0.610. The van der Waals surface area contributed by atoms with E-state index in [0.29, 0.717) is 0 Å². The van der Waals surface area contributed by atoms with Crippen molar-refractivity contribution in [2.45, 2.75) is 12.6 Å². The van der Waals surface area contributed by atoms with E-state index in [0.717, 1.165) is 0 Å². The highest BCUT2D eigenvalue weighted by Gasteiger charge is 2.11. The summed E-state index contributed by atoms with van der Waals surface area (Å²) in [6.07, 6.45) is 3.03. The van der Waals surface area contributed by atoms with Crippen molar-refractivity contribution in [2.75, 3.05) is 0 Å². The Labute approximate surface area is 62.6 Å². The van der Waals surface area contributed by atoms with Crippen LogP contribution in [0.4, 0.5) is 0 Å². The maximum Gasteiger partial charge on any atom is 0.322 e. The zero-order valence-corrected chi connectivity index (χ0v) is 5.71. The van der Waals surface area contributed by atoms with Gasteiger partial charge >= 0.3 is 5.97 Å². The molecule has 0 fully saturated rings. The molecular formula is C5H8N4O2. The lowest BCUT2D eigenvalue weighted by molar-refractivity contribution is -0.138. The van der Waals surface area contributed by atoms with E-state index < -0.39 is 12.0 Å². The number of hydrogen-bond donors (Lipinski definition) is 2. The third kappa shape index (κ3) is 2.01. The molecule has 1 aromatic rings. The van der Waals surface area contributed by atoms with Crippen molar-refractivity contribution in [3.63, 3.8) is 0 Å².